The molecule has 4 heteroatoms. The fraction of sp³-hybridized carbons (Fsp3) is 0.684. The van der Waals surface area contributed by atoms with Crippen molar-refractivity contribution in [2.75, 3.05) is 26.2 Å². The first-order chi connectivity index (χ1) is 11.0. The molecule has 0 bridgehead atoms. The van der Waals surface area contributed by atoms with Crippen LogP contribution in [0.25, 0.3) is 0 Å². The molecule has 0 aromatic heterocycles. The van der Waals surface area contributed by atoms with Crippen LogP contribution in [0.1, 0.15) is 32.8 Å². The fourth-order valence-electron chi connectivity index (χ4n) is 3.10. The molecule has 1 aromatic carbocycles. The Labute approximate surface area is 140 Å². The molecule has 1 aliphatic rings. The summed E-state index contributed by atoms with van der Waals surface area (Å²) in [4.78, 5) is 2.45. The van der Waals surface area contributed by atoms with Crippen LogP contribution in [0.2, 0.25) is 0 Å². The van der Waals surface area contributed by atoms with Crippen molar-refractivity contribution in [3.05, 3.63) is 35.9 Å². The third-order valence-electron chi connectivity index (χ3n) is 4.40. The van der Waals surface area contributed by atoms with Crippen LogP contribution in [0.15, 0.2) is 30.3 Å². The number of hydrogen-bond donors (Lipinski definition) is 2. The summed E-state index contributed by atoms with van der Waals surface area (Å²) in [7, 11) is 0. The molecule has 1 fully saturated rings. The standard InChI is InChI=1S/C19H32N2O2/c1-15(2)11-18(22)12-20-16(3)19-14-21(9-10-23-19)13-17-7-5-4-6-8-17/h4-8,15-16,18-20,22H,9-14H2,1-3H3. The lowest BCUT2D eigenvalue weighted by Crippen LogP contribution is -2.51. The normalized spacial score (nSPS) is 22.2. The summed E-state index contributed by atoms with van der Waals surface area (Å²) >= 11 is 0. The number of benzene rings is 1. The lowest BCUT2D eigenvalue weighted by atomic mass is 10.1. The van der Waals surface area contributed by atoms with Gasteiger partial charge < -0.3 is 15.2 Å². The van der Waals surface area contributed by atoms with Gasteiger partial charge >= 0.3 is 0 Å². The molecule has 4 nitrogen and oxygen atoms in total. The minimum Gasteiger partial charge on any atom is -0.392 e. The van der Waals surface area contributed by atoms with Gasteiger partial charge in [-0.15, -0.1) is 0 Å². The van der Waals surface area contributed by atoms with E-state index < -0.39 is 0 Å². The molecule has 1 saturated heterocycles. The first-order valence-electron chi connectivity index (χ1n) is 8.84. The molecule has 1 heterocycles. The summed E-state index contributed by atoms with van der Waals surface area (Å²) in [6, 6.07) is 10.8. The first-order valence-corrected chi connectivity index (χ1v) is 8.84. The molecule has 3 unspecified atom stereocenters. The van der Waals surface area contributed by atoms with Crippen LogP contribution in [0, 0.1) is 5.92 Å². The predicted molar refractivity (Wildman–Crippen MR) is 94.4 cm³/mol. The second-order valence-corrected chi connectivity index (χ2v) is 7.11. The minimum atomic E-state index is -0.276. The van der Waals surface area contributed by atoms with E-state index in [0.717, 1.165) is 32.7 Å². The zero-order valence-electron chi connectivity index (χ0n) is 14.7. The van der Waals surface area contributed by atoms with E-state index >= 15 is 0 Å². The summed E-state index contributed by atoms with van der Waals surface area (Å²) in [5.41, 5.74) is 1.35. The molecule has 3 atom stereocenters. The molecule has 130 valence electrons. The van der Waals surface area contributed by atoms with Crippen molar-refractivity contribution in [1.82, 2.24) is 10.2 Å². The van der Waals surface area contributed by atoms with Crippen LogP contribution >= 0.6 is 0 Å². The van der Waals surface area contributed by atoms with E-state index in [1.807, 2.05) is 0 Å². The van der Waals surface area contributed by atoms with E-state index in [1.165, 1.54) is 5.56 Å². The van der Waals surface area contributed by atoms with Gasteiger partial charge in [-0.25, -0.2) is 0 Å². The number of nitrogens with zero attached hydrogens (tertiary/aromatic N) is 1. The highest BCUT2D eigenvalue weighted by Gasteiger charge is 2.25. The zero-order valence-corrected chi connectivity index (χ0v) is 14.7. The summed E-state index contributed by atoms with van der Waals surface area (Å²) in [6.07, 6.45) is 0.742. The number of hydrogen-bond acceptors (Lipinski definition) is 4. The van der Waals surface area contributed by atoms with Gasteiger partial charge in [0.25, 0.3) is 0 Å². The number of morpholine rings is 1. The van der Waals surface area contributed by atoms with Crippen molar-refractivity contribution < 1.29 is 9.84 Å². The second kappa shape index (κ2) is 9.38. The van der Waals surface area contributed by atoms with Crippen molar-refractivity contribution >= 4 is 0 Å². The van der Waals surface area contributed by atoms with Crippen LogP contribution in [-0.4, -0.2) is 54.5 Å². The maximum Gasteiger partial charge on any atom is 0.0852 e. The number of rotatable bonds is 8. The van der Waals surface area contributed by atoms with Gasteiger partial charge in [0.2, 0.25) is 0 Å². The van der Waals surface area contributed by atoms with E-state index in [0.29, 0.717) is 12.5 Å². The Morgan fingerprint density at radius 3 is 2.70 bits per heavy atom. The van der Waals surface area contributed by atoms with Crippen LogP contribution in [-0.2, 0) is 11.3 Å². The summed E-state index contributed by atoms with van der Waals surface area (Å²) in [5.74, 6) is 0.523. The molecule has 0 radical (unpaired) electrons. The number of aliphatic hydroxyl groups excluding tert-OH is 1. The maximum atomic E-state index is 10.00. The molecule has 0 spiro atoms. The Morgan fingerprint density at radius 2 is 2.00 bits per heavy atom. The molecule has 0 amide bonds. The topological polar surface area (TPSA) is 44.7 Å². The van der Waals surface area contributed by atoms with E-state index in [-0.39, 0.29) is 18.2 Å². The first kappa shape index (κ1) is 18.4. The van der Waals surface area contributed by atoms with Crippen LogP contribution in [0.5, 0.6) is 0 Å². The predicted octanol–water partition coefficient (Wildman–Crippen LogP) is 2.27. The Hall–Kier alpha value is -0.940. The third kappa shape index (κ3) is 6.60. The van der Waals surface area contributed by atoms with Crippen LogP contribution < -0.4 is 5.32 Å². The SMILES string of the molecule is CC(C)CC(O)CNC(C)C1CN(Cc2ccccc2)CCO1. The number of ether oxygens (including phenoxy) is 1. The van der Waals surface area contributed by atoms with Gasteiger partial charge in [-0.05, 0) is 24.8 Å². The van der Waals surface area contributed by atoms with E-state index in [4.69, 9.17) is 4.74 Å². The molecule has 0 aliphatic carbocycles. The van der Waals surface area contributed by atoms with Crippen molar-refractivity contribution in [3.8, 4) is 0 Å². The molecule has 2 N–H and O–H groups in total. The van der Waals surface area contributed by atoms with Gasteiger partial charge in [-0.1, -0.05) is 44.2 Å². The Morgan fingerprint density at radius 1 is 1.26 bits per heavy atom. The van der Waals surface area contributed by atoms with E-state index in [2.05, 4.69) is 61.3 Å². The molecular formula is C19H32N2O2. The molecule has 1 aromatic rings. The van der Waals surface area contributed by atoms with Crippen LogP contribution in [0.3, 0.4) is 0 Å². The Balaban J connectivity index is 1.76. The molecule has 23 heavy (non-hydrogen) atoms. The number of nitrogens with one attached hydrogen (secondary N) is 1. The second-order valence-electron chi connectivity index (χ2n) is 7.11. The van der Waals surface area contributed by atoms with Crippen LogP contribution in [0.4, 0.5) is 0 Å². The van der Waals surface area contributed by atoms with Gasteiger partial charge in [0, 0.05) is 32.2 Å². The lowest BCUT2D eigenvalue weighted by molar-refractivity contribution is -0.0474. The van der Waals surface area contributed by atoms with Gasteiger partial charge in [0.1, 0.15) is 0 Å². The zero-order chi connectivity index (χ0) is 16.7. The Kier molecular flexibility index (Phi) is 7.50. The van der Waals surface area contributed by atoms with Gasteiger partial charge in [0.05, 0.1) is 18.8 Å². The average molecular weight is 320 g/mol. The maximum absolute atomic E-state index is 10.00. The average Bonchev–Trinajstić information content (AvgIpc) is 2.53. The fourth-order valence-corrected chi connectivity index (χ4v) is 3.10. The smallest absolute Gasteiger partial charge is 0.0852 e. The molecule has 2 rings (SSSR count). The van der Waals surface area contributed by atoms with E-state index in [9.17, 15) is 5.11 Å². The summed E-state index contributed by atoms with van der Waals surface area (Å²) in [5, 5.41) is 13.4. The largest absolute Gasteiger partial charge is 0.392 e. The van der Waals surface area contributed by atoms with Crippen molar-refractivity contribution in [1.29, 1.82) is 0 Å². The van der Waals surface area contributed by atoms with Crippen molar-refractivity contribution in [2.45, 2.75) is 52.0 Å². The Bertz CT molecular complexity index is 438. The molecular weight excluding hydrogens is 288 g/mol. The monoisotopic (exact) mass is 320 g/mol. The van der Waals surface area contributed by atoms with Gasteiger partial charge in [-0.2, -0.15) is 0 Å². The lowest BCUT2D eigenvalue weighted by Gasteiger charge is -2.36. The minimum absolute atomic E-state index is 0.179. The summed E-state index contributed by atoms with van der Waals surface area (Å²) < 4.78 is 5.94. The van der Waals surface area contributed by atoms with Crippen molar-refractivity contribution in [3.63, 3.8) is 0 Å². The highest BCUT2D eigenvalue weighted by Crippen LogP contribution is 2.13. The van der Waals surface area contributed by atoms with Gasteiger partial charge in [0.15, 0.2) is 0 Å². The van der Waals surface area contributed by atoms with Crippen molar-refractivity contribution in [2.24, 2.45) is 5.92 Å². The third-order valence-corrected chi connectivity index (χ3v) is 4.40. The highest BCUT2D eigenvalue weighted by atomic mass is 16.5. The van der Waals surface area contributed by atoms with E-state index in [1.54, 1.807) is 0 Å². The summed E-state index contributed by atoms with van der Waals surface area (Å²) in [6.45, 7) is 10.7. The molecule has 0 saturated carbocycles. The van der Waals surface area contributed by atoms with Gasteiger partial charge in [-0.3, -0.25) is 4.90 Å². The number of aliphatic hydroxyl groups is 1. The molecule has 1 aliphatic heterocycles. The quantitative estimate of drug-likeness (QED) is 0.771. The highest BCUT2D eigenvalue weighted by molar-refractivity contribution is 5.14.